The fourth-order valence-electron chi connectivity index (χ4n) is 2.74. The average Bonchev–Trinajstić information content (AvgIpc) is 2.49. The van der Waals surface area contributed by atoms with Crippen LogP contribution in [0.15, 0.2) is 24.3 Å². The average molecular weight is 275 g/mol. The van der Waals surface area contributed by atoms with E-state index in [1.54, 1.807) is 0 Å². The lowest BCUT2D eigenvalue weighted by molar-refractivity contribution is 0.0662. The van der Waals surface area contributed by atoms with Gasteiger partial charge in [0.25, 0.3) is 5.91 Å². The van der Waals surface area contributed by atoms with Crippen LogP contribution in [0.3, 0.4) is 0 Å². The zero-order valence-electron chi connectivity index (χ0n) is 12.7. The molecule has 2 rings (SSSR count). The summed E-state index contributed by atoms with van der Waals surface area (Å²) in [5, 5.41) is 3.38. The van der Waals surface area contributed by atoms with Gasteiger partial charge in [-0.1, -0.05) is 0 Å². The smallest absolute Gasteiger partial charge is 0.254 e. The first kappa shape index (κ1) is 14.9. The molecule has 1 heterocycles. The van der Waals surface area contributed by atoms with Crippen LogP contribution in [-0.2, 0) is 0 Å². The molecule has 1 N–H and O–H groups in total. The quantitative estimate of drug-likeness (QED) is 0.912. The molecule has 20 heavy (non-hydrogen) atoms. The van der Waals surface area contributed by atoms with E-state index in [0.29, 0.717) is 6.04 Å². The third-order valence-electron chi connectivity index (χ3n) is 3.94. The van der Waals surface area contributed by atoms with Crippen molar-refractivity contribution in [2.24, 2.45) is 0 Å². The molecule has 4 nitrogen and oxygen atoms in total. The summed E-state index contributed by atoms with van der Waals surface area (Å²) in [5.41, 5.74) is 1.90. The molecule has 1 fully saturated rings. The zero-order valence-corrected chi connectivity index (χ0v) is 12.7. The topological polar surface area (TPSA) is 35.6 Å². The van der Waals surface area contributed by atoms with E-state index in [1.165, 1.54) is 0 Å². The molecule has 0 spiro atoms. The first-order valence-corrected chi connectivity index (χ1v) is 7.42. The standard InChI is InChI=1S/C16H25N3O/c1-4-19(15-6-5-11-17-12-15)16(20)13-7-9-14(10-8-13)18(2)3/h7-10,15,17H,4-6,11-12H2,1-3H3. The van der Waals surface area contributed by atoms with Crippen molar-refractivity contribution in [3.8, 4) is 0 Å². The molecule has 1 aromatic rings. The fraction of sp³-hybridized carbons (Fsp3) is 0.562. The maximum atomic E-state index is 12.6. The number of carbonyl (C=O) groups excluding carboxylic acids is 1. The minimum Gasteiger partial charge on any atom is -0.378 e. The molecule has 1 atom stereocenters. The summed E-state index contributed by atoms with van der Waals surface area (Å²) in [6.45, 7) is 4.80. The van der Waals surface area contributed by atoms with Gasteiger partial charge in [0.05, 0.1) is 0 Å². The number of nitrogens with zero attached hydrogens (tertiary/aromatic N) is 2. The van der Waals surface area contributed by atoms with Crippen molar-refractivity contribution in [1.29, 1.82) is 0 Å². The molecule has 1 saturated heterocycles. The van der Waals surface area contributed by atoms with Crippen molar-refractivity contribution >= 4 is 11.6 Å². The van der Waals surface area contributed by atoms with E-state index in [2.05, 4.69) is 12.2 Å². The summed E-state index contributed by atoms with van der Waals surface area (Å²) >= 11 is 0. The second-order valence-electron chi connectivity index (χ2n) is 5.53. The molecule has 0 aliphatic carbocycles. The minimum absolute atomic E-state index is 0.145. The highest BCUT2D eigenvalue weighted by molar-refractivity contribution is 5.94. The first-order chi connectivity index (χ1) is 9.63. The Bertz CT molecular complexity index is 436. The number of amides is 1. The van der Waals surface area contributed by atoms with E-state index in [9.17, 15) is 4.79 Å². The second-order valence-corrected chi connectivity index (χ2v) is 5.53. The zero-order chi connectivity index (χ0) is 14.5. The number of nitrogens with one attached hydrogen (secondary N) is 1. The summed E-state index contributed by atoms with van der Waals surface area (Å²) < 4.78 is 0. The lowest BCUT2D eigenvalue weighted by Gasteiger charge is -2.34. The summed E-state index contributed by atoms with van der Waals surface area (Å²) in [4.78, 5) is 16.7. The number of benzene rings is 1. The number of carbonyl (C=O) groups is 1. The summed E-state index contributed by atoms with van der Waals surface area (Å²) in [7, 11) is 4.01. The maximum Gasteiger partial charge on any atom is 0.254 e. The van der Waals surface area contributed by atoms with Crippen molar-refractivity contribution in [2.45, 2.75) is 25.8 Å². The number of likely N-dealkylation sites (N-methyl/N-ethyl adjacent to an activating group) is 1. The van der Waals surface area contributed by atoms with E-state index < -0.39 is 0 Å². The molecular formula is C16H25N3O. The van der Waals surface area contributed by atoms with Crippen LogP contribution in [0.5, 0.6) is 0 Å². The van der Waals surface area contributed by atoms with Crippen molar-refractivity contribution < 1.29 is 4.79 Å². The number of hydrogen-bond acceptors (Lipinski definition) is 3. The molecule has 110 valence electrons. The van der Waals surface area contributed by atoms with Crippen LogP contribution in [0.25, 0.3) is 0 Å². The van der Waals surface area contributed by atoms with Gasteiger partial charge in [-0.25, -0.2) is 0 Å². The molecule has 1 aromatic carbocycles. The maximum absolute atomic E-state index is 12.6. The number of hydrogen-bond donors (Lipinski definition) is 1. The van der Waals surface area contributed by atoms with E-state index in [-0.39, 0.29) is 5.91 Å². The van der Waals surface area contributed by atoms with E-state index in [0.717, 1.165) is 43.7 Å². The van der Waals surface area contributed by atoms with E-state index in [1.807, 2.05) is 48.2 Å². The number of anilines is 1. The number of rotatable bonds is 4. The molecule has 1 unspecified atom stereocenters. The van der Waals surface area contributed by atoms with Crippen LogP contribution in [-0.4, -0.2) is 50.6 Å². The van der Waals surface area contributed by atoms with Crippen molar-refractivity contribution in [3.63, 3.8) is 0 Å². The lowest BCUT2D eigenvalue weighted by atomic mass is 10.0. The third kappa shape index (κ3) is 3.31. The third-order valence-corrected chi connectivity index (χ3v) is 3.94. The van der Waals surface area contributed by atoms with Crippen LogP contribution in [0.2, 0.25) is 0 Å². The van der Waals surface area contributed by atoms with Crippen LogP contribution >= 0.6 is 0 Å². The Hall–Kier alpha value is -1.55. The van der Waals surface area contributed by atoms with E-state index in [4.69, 9.17) is 0 Å². The molecule has 1 aliphatic heterocycles. The largest absolute Gasteiger partial charge is 0.378 e. The first-order valence-electron chi connectivity index (χ1n) is 7.42. The van der Waals surface area contributed by atoms with Gasteiger partial charge in [-0.15, -0.1) is 0 Å². The van der Waals surface area contributed by atoms with Crippen LogP contribution < -0.4 is 10.2 Å². The summed E-state index contributed by atoms with van der Waals surface area (Å²) in [6, 6.07) is 8.18. The highest BCUT2D eigenvalue weighted by Gasteiger charge is 2.24. The number of piperidine rings is 1. The molecule has 1 amide bonds. The minimum atomic E-state index is 0.145. The molecular weight excluding hydrogens is 250 g/mol. The Morgan fingerprint density at radius 2 is 2.00 bits per heavy atom. The van der Waals surface area contributed by atoms with Gasteiger partial charge in [0, 0.05) is 44.5 Å². The molecule has 4 heteroatoms. The Morgan fingerprint density at radius 3 is 2.50 bits per heavy atom. The molecule has 0 saturated carbocycles. The van der Waals surface area contributed by atoms with Crippen LogP contribution in [0, 0.1) is 0 Å². The Kier molecular flexibility index (Phi) is 5.01. The molecule has 0 radical (unpaired) electrons. The van der Waals surface area contributed by atoms with Gasteiger partial charge in [-0.3, -0.25) is 4.79 Å². The molecule has 0 bridgehead atoms. The Labute approximate surface area is 121 Å². The monoisotopic (exact) mass is 275 g/mol. The van der Waals surface area contributed by atoms with Gasteiger partial charge in [-0.2, -0.15) is 0 Å². The highest BCUT2D eigenvalue weighted by atomic mass is 16.2. The molecule has 0 aromatic heterocycles. The predicted octanol–water partition coefficient (Wildman–Crippen LogP) is 1.97. The van der Waals surface area contributed by atoms with Gasteiger partial charge in [0.1, 0.15) is 0 Å². The fourth-order valence-corrected chi connectivity index (χ4v) is 2.74. The Balaban J connectivity index is 2.11. The SMILES string of the molecule is CCN(C(=O)c1ccc(N(C)C)cc1)C1CCCNC1. The second kappa shape index (κ2) is 6.75. The predicted molar refractivity (Wildman–Crippen MR) is 83.4 cm³/mol. The van der Waals surface area contributed by atoms with Crippen molar-refractivity contribution in [1.82, 2.24) is 10.2 Å². The van der Waals surface area contributed by atoms with Gasteiger partial charge in [0.2, 0.25) is 0 Å². The Morgan fingerprint density at radius 1 is 1.30 bits per heavy atom. The van der Waals surface area contributed by atoms with Crippen LogP contribution in [0.4, 0.5) is 5.69 Å². The van der Waals surface area contributed by atoms with Crippen LogP contribution in [0.1, 0.15) is 30.1 Å². The summed E-state index contributed by atoms with van der Waals surface area (Å²) in [6.07, 6.45) is 2.25. The molecule has 1 aliphatic rings. The lowest BCUT2D eigenvalue weighted by Crippen LogP contribution is -2.48. The van der Waals surface area contributed by atoms with Gasteiger partial charge in [0.15, 0.2) is 0 Å². The van der Waals surface area contributed by atoms with Gasteiger partial charge >= 0.3 is 0 Å². The van der Waals surface area contributed by atoms with Crippen molar-refractivity contribution in [3.05, 3.63) is 29.8 Å². The summed E-state index contributed by atoms with van der Waals surface area (Å²) in [5.74, 6) is 0.145. The van der Waals surface area contributed by atoms with Crippen molar-refractivity contribution in [2.75, 3.05) is 38.6 Å². The van der Waals surface area contributed by atoms with E-state index >= 15 is 0 Å². The van der Waals surface area contributed by atoms with Gasteiger partial charge < -0.3 is 15.1 Å². The normalized spacial score (nSPS) is 18.6. The highest BCUT2D eigenvalue weighted by Crippen LogP contribution is 2.17. The van der Waals surface area contributed by atoms with Gasteiger partial charge in [-0.05, 0) is 50.6 Å².